The van der Waals surface area contributed by atoms with E-state index in [9.17, 15) is 0 Å². The van der Waals surface area contributed by atoms with Crippen molar-refractivity contribution in [1.82, 2.24) is 30.0 Å². The highest BCUT2D eigenvalue weighted by molar-refractivity contribution is 7.99. The Bertz CT molecular complexity index is 1400. The second-order valence-corrected chi connectivity index (χ2v) is 9.99. The third kappa shape index (κ3) is 4.46. The summed E-state index contributed by atoms with van der Waals surface area (Å²) in [5.74, 6) is 1.29. The van der Waals surface area contributed by atoms with Gasteiger partial charge in [-0.3, -0.25) is 9.88 Å². The number of thiophene rings is 1. The molecule has 0 aliphatic carbocycles. The van der Waals surface area contributed by atoms with E-state index in [-0.39, 0.29) is 0 Å². The number of rotatable bonds is 6. The number of nitrogens with zero attached hydrogens (tertiary/aromatic N) is 6. The van der Waals surface area contributed by atoms with E-state index in [0.29, 0.717) is 11.1 Å². The molecule has 1 aromatic carbocycles. The van der Waals surface area contributed by atoms with Gasteiger partial charge in [-0.25, -0.2) is 9.97 Å². The van der Waals surface area contributed by atoms with Crippen LogP contribution in [-0.2, 0) is 6.54 Å². The second-order valence-electron chi connectivity index (χ2n) is 8.19. The molecule has 6 rings (SSSR count). The van der Waals surface area contributed by atoms with E-state index in [1.54, 1.807) is 23.7 Å². The van der Waals surface area contributed by atoms with Crippen molar-refractivity contribution in [1.29, 1.82) is 0 Å². The van der Waals surface area contributed by atoms with Gasteiger partial charge in [-0.2, -0.15) is 0 Å². The molecule has 1 saturated heterocycles. The van der Waals surface area contributed by atoms with Gasteiger partial charge in [0.05, 0.1) is 17.5 Å². The van der Waals surface area contributed by atoms with E-state index in [4.69, 9.17) is 14.4 Å². The first-order chi connectivity index (χ1) is 16.8. The predicted octanol–water partition coefficient (Wildman–Crippen LogP) is 5.94. The molecule has 0 bridgehead atoms. The van der Waals surface area contributed by atoms with Crippen LogP contribution in [0.4, 0.5) is 0 Å². The lowest BCUT2D eigenvalue weighted by atomic mass is 10.1. The van der Waals surface area contributed by atoms with Crippen LogP contribution in [0.25, 0.3) is 32.8 Å². The lowest BCUT2D eigenvalue weighted by molar-refractivity contribution is 0.216. The van der Waals surface area contributed by atoms with Crippen molar-refractivity contribution in [2.75, 3.05) is 13.1 Å². The van der Waals surface area contributed by atoms with Crippen molar-refractivity contribution in [2.45, 2.75) is 36.1 Å². The fourth-order valence-corrected chi connectivity index (χ4v) is 6.04. The monoisotopic (exact) mass is 486 g/mol. The van der Waals surface area contributed by atoms with Crippen molar-refractivity contribution >= 4 is 33.3 Å². The van der Waals surface area contributed by atoms with Gasteiger partial charge in [0.1, 0.15) is 15.7 Å². The number of likely N-dealkylation sites (tertiary alicyclic amines) is 1. The fraction of sp³-hybridized carbons (Fsp3) is 0.240. The quantitative estimate of drug-likeness (QED) is 0.273. The summed E-state index contributed by atoms with van der Waals surface area (Å²) in [6.07, 6.45) is 7.21. The van der Waals surface area contributed by atoms with Crippen LogP contribution in [0.15, 0.2) is 74.9 Å². The number of benzene rings is 1. The summed E-state index contributed by atoms with van der Waals surface area (Å²) < 4.78 is 5.97. The van der Waals surface area contributed by atoms with Crippen LogP contribution in [0.1, 0.15) is 25.1 Å². The highest BCUT2D eigenvalue weighted by Crippen LogP contribution is 2.40. The number of piperidine rings is 1. The molecule has 4 aromatic heterocycles. The normalized spacial score (nSPS) is 14.6. The molecule has 5 aromatic rings. The Hall–Kier alpha value is -3.14. The van der Waals surface area contributed by atoms with Crippen LogP contribution in [0, 0.1) is 0 Å². The molecule has 1 aliphatic heterocycles. The van der Waals surface area contributed by atoms with Gasteiger partial charge in [0.2, 0.25) is 5.89 Å². The number of hydrogen-bond donors (Lipinski definition) is 0. The first-order valence-electron chi connectivity index (χ1n) is 11.3. The van der Waals surface area contributed by atoms with Crippen molar-refractivity contribution in [3.05, 3.63) is 66.1 Å². The van der Waals surface area contributed by atoms with Crippen LogP contribution in [-0.4, -0.2) is 43.1 Å². The summed E-state index contributed by atoms with van der Waals surface area (Å²) in [6.45, 7) is 2.95. The zero-order valence-electron chi connectivity index (χ0n) is 18.4. The molecular weight excluding hydrogens is 464 g/mol. The second kappa shape index (κ2) is 9.61. The molecule has 1 aliphatic rings. The summed E-state index contributed by atoms with van der Waals surface area (Å²) in [4.78, 5) is 17.5. The topological polar surface area (TPSA) is 80.8 Å². The number of aromatic nitrogens is 5. The number of pyridine rings is 1. The first-order valence-corrected chi connectivity index (χ1v) is 13.0. The van der Waals surface area contributed by atoms with Gasteiger partial charge in [-0.15, -0.1) is 21.5 Å². The molecule has 1 fully saturated rings. The Balaban J connectivity index is 1.40. The minimum atomic E-state index is 0.447. The van der Waals surface area contributed by atoms with E-state index in [0.717, 1.165) is 57.4 Å². The van der Waals surface area contributed by atoms with Crippen LogP contribution in [0.2, 0.25) is 0 Å². The third-order valence-corrected chi connectivity index (χ3v) is 7.54. The predicted molar refractivity (Wildman–Crippen MR) is 134 cm³/mol. The zero-order valence-corrected chi connectivity index (χ0v) is 20.1. The molecule has 9 heteroatoms. The molecular formula is C25H22N6OS2. The molecule has 170 valence electrons. The average molecular weight is 487 g/mol. The van der Waals surface area contributed by atoms with Crippen LogP contribution in [0.5, 0.6) is 0 Å². The maximum Gasteiger partial charge on any atom is 0.283 e. The third-order valence-electron chi connectivity index (χ3n) is 5.84. The first kappa shape index (κ1) is 21.4. The van der Waals surface area contributed by atoms with Gasteiger partial charge < -0.3 is 4.42 Å². The van der Waals surface area contributed by atoms with Crippen molar-refractivity contribution in [3.8, 4) is 22.6 Å². The van der Waals surface area contributed by atoms with Gasteiger partial charge in [0, 0.05) is 23.3 Å². The fourth-order valence-electron chi connectivity index (χ4n) is 4.18. The van der Waals surface area contributed by atoms with E-state index >= 15 is 0 Å². The van der Waals surface area contributed by atoms with E-state index in [2.05, 4.69) is 49.7 Å². The molecule has 0 radical (unpaired) electrons. The van der Waals surface area contributed by atoms with Crippen LogP contribution < -0.4 is 0 Å². The lowest BCUT2D eigenvalue weighted by Crippen LogP contribution is -2.29. The number of fused-ring (bicyclic) bond motifs is 1. The Morgan fingerprint density at radius 2 is 1.79 bits per heavy atom. The Morgan fingerprint density at radius 3 is 2.62 bits per heavy atom. The van der Waals surface area contributed by atoms with Crippen LogP contribution in [0.3, 0.4) is 0 Å². The van der Waals surface area contributed by atoms with Gasteiger partial charge in [0.25, 0.3) is 5.22 Å². The lowest BCUT2D eigenvalue weighted by Gasteiger charge is -2.25. The summed E-state index contributed by atoms with van der Waals surface area (Å²) in [6, 6.07) is 14.1. The molecule has 0 atom stereocenters. The summed E-state index contributed by atoms with van der Waals surface area (Å²) in [5.41, 5.74) is 3.06. The molecule has 0 saturated carbocycles. The van der Waals surface area contributed by atoms with E-state index in [1.807, 2.05) is 18.2 Å². The molecule has 7 nitrogen and oxygen atoms in total. The van der Waals surface area contributed by atoms with Gasteiger partial charge in [-0.1, -0.05) is 36.8 Å². The highest BCUT2D eigenvalue weighted by Gasteiger charge is 2.20. The van der Waals surface area contributed by atoms with Gasteiger partial charge in [0.15, 0.2) is 0 Å². The van der Waals surface area contributed by atoms with Crippen molar-refractivity contribution < 1.29 is 4.42 Å². The Morgan fingerprint density at radius 1 is 0.941 bits per heavy atom. The molecule has 0 N–H and O–H groups in total. The standard InChI is InChI=1S/C25H22N6OS2/c1-3-8-17(9-4-1)19-16-33-23-21(19)24(28-20(27-23)15-31-12-5-2-6-13-31)34-25-30-29-22(32-25)18-10-7-11-26-14-18/h1,3-4,7-11,14,16H,2,5-6,12-13,15H2. The largest absolute Gasteiger partial charge is 0.411 e. The summed E-state index contributed by atoms with van der Waals surface area (Å²) in [7, 11) is 0. The van der Waals surface area contributed by atoms with Crippen molar-refractivity contribution in [3.63, 3.8) is 0 Å². The molecule has 0 spiro atoms. The van der Waals surface area contributed by atoms with Gasteiger partial charge >= 0.3 is 0 Å². The smallest absolute Gasteiger partial charge is 0.283 e. The summed E-state index contributed by atoms with van der Waals surface area (Å²) >= 11 is 3.05. The van der Waals surface area contributed by atoms with E-state index < -0.39 is 0 Å². The zero-order chi connectivity index (χ0) is 22.7. The summed E-state index contributed by atoms with van der Waals surface area (Å²) in [5, 5.41) is 13.0. The maximum absolute atomic E-state index is 5.97. The molecule has 34 heavy (non-hydrogen) atoms. The Kier molecular flexibility index (Phi) is 6.05. The van der Waals surface area contributed by atoms with Crippen LogP contribution >= 0.6 is 23.1 Å². The van der Waals surface area contributed by atoms with Gasteiger partial charge in [-0.05, 0) is 55.4 Å². The minimum Gasteiger partial charge on any atom is -0.411 e. The van der Waals surface area contributed by atoms with Crippen molar-refractivity contribution in [2.24, 2.45) is 0 Å². The average Bonchev–Trinajstić information content (AvgIpc) is 3.53. The SMILES string of the molecule is c1ccc(-c2csc3nc(CN4CCCCC4)nc(Sc4nnc(-c5cccnc5)o4)c23)cc1. The molecule has 0 amide bonds. The molecule has 5 heterocycles. The highest BCUT2D eigenvalue weighted by atomic mass is 32.2. The Labute approximate surface area is 205 Å². The minimum absolute atomic E-state index is 0.447. The molecule has 0 unspecified atom stereocenters. The maximum atomic E-state index is 5.97. The van der Waals surface area contributed by atoms with E-state index in [1.165, 1.54) is 31.0 Å². The number of hydrogen-bond acceptors (Lipinski definition) is 9.